The average Bonchev–Trinajstić information content (AvgIpc) is 3.08. The van der Waals surface area contributed by atoms with Crippen molar-refractivity contribution >= 4 is 11.9 Å². The molecule has 1 aromatic heterocycles. The van der Waals surface area contributed by atoms with Crippen LogP contribution in [-0.4, -0.2) is 50.2 Å². The lowest BCUT2D eigenvalue weighted by Crippen LogP contribution is -2.46. The maximum Gasteiger partial charge on any atom is 0.356 e. The highest BCUT2D eigenvalue weighted by molar-refractivity contribution is 5.87. The first-order chi connectivity index (χ1) is 16.6. The third-order valence-electron chi connectivity index (χ3n) is 5.60. The van der Waals surface area contributed by atoms with E-state index < -0.39 is 17.4 Å². The average molecular weight is 509 g/mol. The van der Waals surface area contributed by atoms with Gasteiger partial charge in [-0.1, -0.05) is 26.0 Å². The van der Waals surface area contributed by atoms with Crippen molar-refractivity contribution in [3.8, 4) is 0 Å². The van der Waals surface area contributed by atoms with Crippen molar-refractivity contribution in [1.29, 1.82) is 0 Å². The number of aromatic carboxylic acids is 1. The third-order valence-corrected chi connectivity index (χ3v) is 5.60. The SMILES string of the molecule is C/C=C(F)\C=C/Cc1nc(C(=O)O)c(C(C)C)n1CCC1CC(CC(=O)OC(C)(C)C)OC(C)(C)O1. The highest BCUT2D eigenvalue weighted by atomic mass is 19.1. The summed E-state index contributed by atoms with van der Waals surface area (Å²) in [6, 6.07) is 0. The normalized spacial score (nSPS) is 20.8. The van der Waals surface area contributed by atoms with Crippen molar-refractivity contribution in [3.05, 3.63) is 41.3 Å². The van der Waals surface area contributed by atoms with Gasteiger partial charge in [-0.05, 0) is 60.0 Å². The predicted molar refractivity (Wildman–Crippen MR) is 135 cm³/mol. The number of carbonyl (C=O) groups is 2. The number of aromatic nitrogens is 2. The molecule has 0 aliphatic carbocycles. The summed E-state index contributed by atoms with van der Waals surface area (Å²) in [7, 11) is 0. The molecule has 202 valence electrons. The Morgan fingerprint density at radius 3 is 2.47 bits per heavy atom. The van der Waals surface area contributed by atoms with Crippen molar-refractivity contribution in [3.63, 3.8) is 0 Å². The second-order valence-corrected chi connectivity index (χ2v) is 10.8. The molecule has 1 aliphatic heterocycles. The molecule has 2 heterocycles. The summed E-state index contributed by atoms with van der Waals surface area (Å²) in [5.74, 6) is -2.21. The van der Waals surface area contributed by atoms with Crippen LogP contribution < -0.4 is 0 Å². The van der Waals surface area contributed by atoms with Gasteiger partial charge in [0.15, 0.2) is 11.5 Å². The lowest BCUT2D eigenvalue weighted by molar-refractivity contribution is -0.301. The lowest BCUT2D eigenvalue weighted by atomic mass is 10.0. The van der Waals surface area contributed by atoms with Crippen LogP contribution in [0, 0.1) is 0 Å². The molecule has 1 aromatic rings. The highest BCUT2D eigenvalue weighted by Crippen LogP contribution is 2.31. The van der Waals surface area contributed by atoms with E-state index in [0.717, 1.165) is 0 Å². The van der Waals surface area contributed by atoms with Crippen LogP contribution in [0.4, 0.5) is 4.39 Å². The number of carboxylic acids is 1. The number of esters is 1. The van der Waals surface area contributed by atoms with Crippen molar-refractivity contribution in [2.45, 2.75) is 117 Å². The van der Waals surface area contributed by atoms with E-state index in [1.165, 1.54) is 12.2 Å². The minimum Gasteiger partial charge on any atom is -0.476 e. The van der Waals surface area contributed by atoms with Gasteiger partial charge in [0.25, 0.3) is 0 Å². The number of rotatable bonds is 10. The van der Waals surface area contributed by atoms with Gasteiger partial charge in [0.05, 0.1) is 24.3 Å². The van der Waals surface area contributed by atoms with Crippen molar-refractivity contribution in [1.82, 2.24) is 9.55 Å². The van der Waals surface area contributed by atoms with Gasteiger partial charge in [-0.2, -0.15) is 0 Å². The van der Waals surface area contributed by atoms with Gasteiger partial charge in [0.1, 0.15) is 17.3 Å². The topological polar surface area (TPSA) is 99.9 Å². The molecule has 9 heteroatoms. The second-order valence-electron chi connectivity index (χ2n) is 10.8. The van der Waals surface area contributed by atoms with Crippen LogP contribution in [0.25, 0.3) is 0 Å². The fraction of sp³-hybridized carbons (Fsp3) is 0.667. The first-order valence-electron chi connectivity index (χ1n) is 12.5. The van der Waals surface area contributed by atoms with Gasteiger partial charge < -0.3 is 23.9 Å². The second kappa shape index (κ2) is 12.1. The fourth-order valence-electron chi connectivity index (χ4n) is 4.40. The number of carboxylic acid groups (broad SMARTS) is 1. The molecular formula is C27H41FN2O6. The Morgan fingerprint density at radius 2 is 1.92 bits per heavy atom. The minimum atomic E-state index is -1.09. The molecule has 0 radical (unpaired) electrons. The molecule has 8 nitrogen and oxygen atoms in total. The Bertz CT molecular complexity index is 987. The van der Waals surface area contributed by atoms with E-state index in [1.54, 1.807) is 13.0 Å². The molecule has 1 fully saturated rings. The first-order valence-corrected chi connectivity index (χ1v) is 12.5. The van der Waals surface area contributed by atoms with E-state index in [2.05, 4.69) is 4.98 Å². The molecular weight excluding hydrogens is 467 g/mol. The van der Waals surface area contributed by atoms with E-state index in [-0.39, 0.29) is 48.5 Å². The zero-order valence-corrected chi connectivity index (χ0v) is 22.8. The number of nitrogens with zero attached hydrogens (tertiary/aromatic N) is 2. The fourth-order valence-corrected chi connectivity index (χ4v) is 4.40. The molecule has 2 atom stereocenters. The summed E-state index contributed by atoms with van der Waals surface area (Å²) in [4.78, 5) is 28.7. The number of carbonyl (C=O) groups excluding carboxylic acids is 1. The molecule has 36 heavy (non-hydrogen) atoms. The minimum absolute atomic E-state index is 0.0101. The van der Waals surface area contributed by atoms with Gasteiger partial charge in [0.2, 0.25) is 0 Å². The summed E-state index contributed by atoms with van der Waals surface area (Å²) in [5, 5.41) is 9.74. The highest BCUT2D eigenvalue weighted by Gasteiger charge is 2.37. The molecule has 0 bridgehead atoms. The van der Waals surface area contributed by atoms with E-state index in [4.69, 9.17) is 14.2 Å². The maximum atomic E-state index is 13.5. The Labute approximate surface area is 213 Å². The van der Waals surface area contributed by atoms with Gasteiger partial charge in [-0.3, -0.25) is 4.79 Å². The van der Waals surface area contributed by atoms with Crippen LogP contribution in [0.2, 0.25) is 0 Å². The zero-order valence-electron chi connectivity index (χ0n) is 22.8. The Kier molecular flexibility index (Phi) is 10.0. The van der Waals surface area contributed by atoms with Gasteiger partial charge in [0, 0.05) is 19.4 Å². The lowest BCUT2D eigenvalue weighted by Gasteiger charge is -2.41. The van der Waals surface area contributed by atoms with Crippen molar-refractivity contribution in [2.75, 3.05) is 0 Å². The van der Waals surface area contributed by atoms with Crippen LogP contribution in [0.15, 0.2) is 24.1 Å². The van der Waals surface area contributed by atoms with Gasteiger partial charge >= 0.3 is 11.9 Å². The number of ether oxygens (including phenoxy) is 3. The molecule has 1 aliphatic rings. The quantitative estimate of drug-likeness (QED) is 0.319. The summed E-state index contributed by atoms with van der Waals surface area (Å²) in [6.45, 7) is 15.0. The Balaban J connectivity index is 2.24. The standard InChI is InChI=1S/C27H41FN2O6/c1-9-18(28)11-10-12-21-29-23(25(32)33)24(17(2)3)30(21)14-13-19-15-20(35-27(7,8)34-19)16-22(31)36-26(4,5)6/h9-11,17,19-20H,12-16H2,1-8H3,(H,32,33)/b11-10-,18-9+. The number of hydrogen-bond acceptors (Lipinski definition) is 6. The van der Waals surface area contributed by atoms with Crippen molar-refractivity contribution in [2.24, 2.45) is 0 Å². The van der Waals surface area contributed by atoms with E-state index in [0.29, 0.717) is 30.9 Å². The molecule has 2 rings (SSSR count). The summed E-state index contributed by atoms with van der Waals surface area (Å²) < 4.78 is 33.0. The van der Waals surface area contributed by atoms with Crippen LogP contribution in [0.1, 0.15) is 103 Å². The number of halogens is 1. The molecule has 1 N–H and O–H groups in total. The smallest absolute Gasteiger partial charge is 0.356 e. The third kappa shape index (κ3) is 8.85. The summed E-state index contributed by atoms with van der Waals surface area (Å²) >= 11 is 0. The van der Waals surface area contributed by atoms with E-state index in [1.807, 2.05) is 53.0 Å². The van der Waals surface area contributed by atoms with Gasteiger partial charge in [-0.15, -0.1) is 0 Å². The predicted octanol–water partition coefficient (Wildman–Crippen LogP) is 5.71. The van der Waals surface area contributed by atoms with Crippen molar-refractivity contribution < 1.29 is 33.3 Å². The van der Waals surface area contributed by atoms with Crippen LogP contribution >= 0.6 is 0 Å². The van der Waals surface area contributed by atoms with Crippen LogP contribution in [0.5, 0.6) is 0 Å². The monoisotopic (exact) mass is 508 g/mol. The largest absolute Gasteiger partial charge is 0.476 e. The molecule has 1 saturated heterocycles. The summed E-state index contributed by atoms with van der Waals surface area (Å²) in [5.41, 5.74) is 0.0546. The van der Waals surface area contributed by atoms with E-state index >= 15 is 0 Å². The number of allylic oxidation sites excluding steroid dienone is 4. The number of imidazole rings is 1. The summed E-state index contributed by atoms with van der Waals surface area (Å²) in [6.07, 6.45) is 5.23. The van der Waals surface area contributed by atoms with Crippen LogP contribution in [-0.2, 0) is 32.0 Å². The maximum absolute atomic E-state index is 13.5. The molecule has 0 spiro atoms. The molecule has 2 unspecified atom stereocenters. The Morgan fingerprint density at radius 1 is 1.28 bits per heavy atom. The molecule has 0 amide bonds. The Hall–Kier alpha value is -2.52. The zero-order chi connectivity index (χ0) is 27.3. The van der Waals surface area contributed by atoms with E-state index in [9.17, 15) is 19.1 Å². The van der Waals surface area contributed by atoms with Gasteiger partial charge in [-0.25, -0.2) is 14.2 Å². The number of hydrogen-bond donors (Lipinski definition) is 1. The molecule has 0 aromatic carbocycles. The molecule has 0 saturated carbocycles. The first kappa shape index (κ1) is 29.7. The van der Waals surface area contributed by atoms with Crippen LogP contribution in [0.3, 0.4) is 0 Å².